The summed E-state index contributed by atoms with van der Waals surface area (Å²) in [6.07, 6.45) is 9.72. The zero-order valence-corrected chi connectivity index (χ0v) is 14.9. The van der Waals surface area contributed by atoms with Gasteiger partial charge in [-0.15, -0.1) is 11.3 Å². The van der Waals surface area contributed by atoms with E-state index in [1.54, 1.807) is 5.56 Å². The minimum atomic E-state index is 0.800. The number of hydrogen-bond acceptors (Lipinski definition) is 3. The highest BCUT2D eigenvalue weighted by molar-refractivity contribution is 7.12. The Bertz CT molecular complexity index is 405. The average molecular weight is 309 g/mol. The van der Waals surface area contributed by atoms with Crippen molar-refractivity contribution in [3.05, 3.63) is 21.4 Å². The lowest BCUT2D eigenvalue weighted by atomic mass is 10.1. The van der Waals surface area contributed by atoms with Gasteiger partial charge in [-0.2, -0.15) is 0 Å². The van der Waals surface area contributed by atoms with Crippen LogP contribution in [0.25, 0.3) is 0 Å². The third-order valence-corrected chi connectivity index (χ3v) is 5.76. The monoisotopic (exact) mass is 308 g/mol. The Morgan fingerprint density at radius 2 is 1.95 bits per heavy atom. The molecule has 2 rings (SSSR count). The van der Waals surface area contributed by atoms with Crippen molar-refractivity contribution in [1.82, 2.24) is 10.2 Å². The van der Waals surface area contributed by atoms with Gasteiger partial charge in [-0.25, -0.2) is 0 Å². The van der Waals surface area contributed by atoms with Crippen molar-refractivity contribution < 1.29 is 0 Å². The van der Waals surface area contributed by atoms with Crippen LogP contribution in [0.4, 0.5) is 0 Å². The van der Waals surface area contributed by atoms with Gasteiger partial charge in [0.2, 0.25) is 0 Å². The molecule has 1 fully saturated rings. The van der Waals surface area contributed by atoms with E-state index in [2.05, 4.69) is 37.2 Å². The van der Waals surface area contributed by atoms with Crippen LogP contribution in [0.5, 0.6) is 0 Å². The zero-order valence-electron chi connectivity index (χ0n) is 14.1. The predicted molar refractivity (Wildman–Crippen MR) is 94.0 cm³/mol. The van der Waals surface area contributed by atoms with Gasteiger partial charge in [0.15, 0.2) is 0 Å². The first-order valence-corrected chi connectivity index (χ1v) is 9.51. The first kappa shape index (κ1) is 17.0. The van der Waals surface area contributed by atoms with E-state index in [0.717, 1.165) is 25.7 Å². The van der Waals surface area contributed by atoms with Crippen LogP contribution in [-0.2, 0) is 13.1 Å². The molecule has 1 aliphatic carbocycles. The molecule has 0 saturated heterocycles. The van der Waals surface area contributed by atoms with Crippen molar-refractivity contribution in [2.75, 3.05) is 13.6 Å². The molecule has 0 radical (unpaired) electrons. The fourth-order valence-corrected chi connectivity index (χ4v) is 4.34. The summed E-state index contributed by atoms with van der Waals surface area (Å²) in [5.41, 5.74) is 1.54. The quantitative estimate of drug-likeness (QED) is 0.579. The maximum absolute atomic E-state index is 3.51. The molecule has 3 heteroatoms. The van der Waals surface area contributed by atoms with Gasteiger partial charge in [-0.1, -0.05) is 32.6 Å². The number of rotatable bonds is 7. The second-order valence-corrected chi connectivity index (χ2v) is 7.87. The van der Waals surface area contributed by atoms with Crippen molar-refractivity contribution in [1.29, 1.82) is 0 Å². The molecule has 1 aromatic rings. The molecular weight excluding hydrogens is 276 g/mol. The molecule has 1 saturated carbocycles. The van der Waals surface area contributed by atoms with Crippen LogP contribution >= 0.6 is 11.3 Å². The van der Waals surface area contributed by atoms with Gasteiger partial charge in [0.25, 0.3) is 0 Å². The molecule has 1 N–H and O–H groups in total. The molecule has 1 heterocycles. The summed E-state index contributed by atoms with van der Waals surface area (Å²) in [6, 6.07) is 3.23. The van der Waals surface area contributed by atoms with Crippen molar-refractivity contribution in [3.8, 4) is 0 Å². The van der Waals surface area contributed by atoms with Gasteiger partial charge in [0.1, 0.15) is 0 Å². The maximum atomic E-state index is 3.51. The molecule has 21 heavy (non-hydrogen) atoms. The Balaban J connectivity index is 1.88. The molecule has 120 valence electrons. The Labute approximate surface area is 134 Å². The van der Waals surface area contributed by atoms with Gasteiger partial charge in [-0.05, 0) is 51.4 Å². The SMILES string of the molecule is CCCNCc1cc(CN(C)C2CCCCCC2)c(C)s1. The van der Waals surface area contributed by atoms with Crippen LogP contribution in [0.2, 0.25) is 0 Å². The molecule has 0 amide bonds. The lowest BCUT2D eigenvalue weighted by molar-refractivity contribution is 0.213. The van der Waals surface area contributed by atoms with E-state index in [1.165, 1.54) is 54.7 Å². The van der Waals surface area contributed by atoms with E-state index in [-0.39, 0.29) is 0 Å². The summed E-state index contributed by atoms with van der Waals surface area (Å²) >= 11 is 1.97. The van der Waals surface area contributed by atoms with Crippen LogP contribution in [0.1, 0.15) is 67.2 Å². The van der Waals surface area contributed by atoms with Crippen LogP contribution in [0.3, 0.4) is 0 Å². The van der Waals surface area contributed by atoms with Crippen LogP contribution < -0.4 is 5.32 Å². The molecule has 1 aliphatic rings. The van der Waals surface area contributed by atoms with Gasteiger partial charge in [0.05, 0.1) is 0 Å². The first-order valence-electron chi connectivity index (χ1n) is 8.70. The predicted octanol–water partition coefficient (Wildman–Crippen LogP) is 4.71. The standard InChI is InChI=1S/C18H32N2S/c1-4-11-19-13-18-12-16(15(2)21-18)14-20(3)17-9-7-5-6-8-10-17/h12,17,19H,4-11,13-14H2,1-3H3. The Hall–Kier alpha value is -0.380. The first-order chi connectivity index (χ1) is 10.2. The molecule has 0 bridgehead atoms. The van der Waals surface area contributed by atoms with E-state index in [1.807, 2.05) is 11.3 Å². The summed E-state index contributed by atoms with van der Waals surface area (Å²) in [5, 5.41) is 3.51. The minimum Gasteiger partial charge on any atom is -0.312 e. The number of hydrogen-bond donors (Lipinski definition) is 1. The lowest BCUT2D eigenvalue weighted by Gasteiger charge is -2.27. The highest BCUT2D eigenvalue weighted by Gasteiger charge is 2.18. The van der Waals surface area contributed by atoms with Crippen LogP contribution in [0.15, 0.2) is 6.07 Å². The fourth-order valence-electron chi connectivity index (χ4n) is 3.32. The Kier molecular flexibility index (Phi) is 7.21. The normalized spacial score (nSPS) is 17.3. The minimum absolute atomic E-state index is 0.800. The van der Waals surface area contributed by atoms with E-state index in [9.17, 15) is 0 Å². The van der Waals surface area contributed by atoms with Crippen molar-refractivity contribution in [2.45, 2.75) is 77.9 Å². The summed E-state index contributed by atoms with van der Waals surface area (Å²) in [6.45, 7) is 7.78. The summed E-state index contributed by atoms with van der Waals surface area (Å²) in [7, 11) is 2.32. The third-order valence-electron chi connectivity index (χ3n) is 4.67. The Morgan fingerprint density at radius 1 is 1.24 bits per heavy atom. The van der Waals surface area contributed by atoms with Crippen LogP contribution in [-0.4, -0.2) is 24.5 Å². The molecule has 2 nitrogen and oxygen atoms in total. The molecule has 0 aromatic carbocycles. The smallest absolute Gasteiger partial charge is 0.0299 e. The van der Waals surface area contributed by atoms with Gasteiger partial charge >= 0.3 is 0 Å². The lowest BCUT2D eigenvalue weighted by Crippen LogP contribution is -2.30. The summed E-state index contributed by atoms with van der Waals surface area (Å²) in [4.78, 5) is 5.60. The van der Waals surface area contributed by atoms with Crippen molar-refractivity contribution in [3.63, 3.8) is 0 Å². The second-order valence-electron chi connectivity index (χ2n) is 6.53. The fraction of sp³-hybridized carbons (Fsp3) is 0.778. The van der Waals surface area contributed by atoms with Gasteiger partial charge in [0, 0.05) is 28.9 Å². The van der Waals surface area contributed by atoms with E-state index < -0.39 is 0 Å². The molecule has 1 aromatic heterocycles. The Morgan fingerprint density at radius 3 is 2.62 bits per heavy atom. The number of nitrogens with one attached hydrogen (secondary N) is 1. The highest BCUT2D eigenvalue weighted by atomic mass is 32.1. The number of aryl methyl sites for hydroxylation is 1. The van der Waals surface area contributed by atoms with E-state index in [0.29, 0.717) is 0 Å². The maximum Gasteiger partial charge on any atom is 0.0299 e. The number of thiophene rings is 1. The van der Waals surface area contributed by atoms with Gasteiger partial charge in [-0.3, -0.25) is 4.90 Å². The molecular formula is C18H32N2S. The average Bonchev–Trinajstić information content (AvgIpc) is 2.70. The number of nitrogens with zero attached hydrogens (tertiary/aromatic N) is 1. The topological polar surface area (TPSA) is 15.3 Å². The summed E-state index contributed by atoms with van der Waals surface area (Å²) < 4.78 is 0. The van der Waals surface area contributed by atoms with Gasteiger partial charge < -0.3 is 5.32 Å². The highest BCUT2D eigenvalue weighted by Crippen LogP contribution is 2.26. The molecule has 0 spiro atoms. The summed E-state index contributed by atoms with van der Waals surface area (Å²) in [5.74, 6) is 0. The third kappa shape index (κ3) is 5.39. The van der Waals surface area contributed by atoms with Crippen LogP contribution in [0, 0.1) is 6.92 Å². The molecule has 0 aliphatic heterocycles. The zero-order chi connectivity index (χ0) is 15.1. The van der Waals surface area contributed by atoms with Crippen molar-refractivity contribution in [2.24, 2.45) is 0 Å². The second kappa shape index (κ2) is 8.92. The van der Waals surface area contributed by atoms with E-state index >= 15 is 0 Å². The molecule has 0 atom stereocenters. The van der Waals surface area contributed by atoms with Crippen molar-refractivity contribution >= 4 is 11.3 Å². The molecule has 0 unspecified atom stereocenters. The largest absolute Gasteiger partial charge is 0.312 e. The van der Waals surface area contributed by atoms with E-state index in [4.69, 9.17) is 0 Å².